The molecule has 10 heteroatoms. The predicted octanol–water partition coefficient (Wildman–Crippen LogP) is 0.709. The van der Waals surface area contributed by atoms with Gasteiger partial charge in [0.15, 0.2) is 0 Å². The Morgan fingerprint density at radius 3 is 2.47 bits per heavy atom. The van der Waals surface area contributed by atoms with Crippen LogP contribution in [-0.2, 0) is 23.7 Å². The van der Waals surface area contributed by atoms with Crippen LogP contribution in [0.5, 0.6) is 0 Å². The summed E-state index contributed by atoms with van der Waals surface area (Å²) in [4.78, 5) is 25.6. The summed E-state index contributed by atoms with van der Waals surface area (Å²) in [5.74, 6) is 1.26. The zero-order valence-corrected chi connectivity index (χ0v) is 31.6. The quantitative estimate of drug-likeness (QED) is 0.0525. The van der Waals surface area contributed by atoms with Crippen LogP contribution in [0.2, 0.25) is 0 Å². The van der Waals surface area contributed by atoms with Gasteiger partial charge in [-0.3, -0.25) is 4.79 Å². The van der Waals surface area contributed by atoms with Crippen molar-refractivity contribution < 1.29 is 71.4 Å². The third-order valence-electron chi connectivity index (χ3n) is 9.08. The van der Waals surface area contributed by atoms with Gasteiger partial charge < -0.3 is 67.0 Å². The van der Waals surface area contributed by atoms with Crippen molar-refractivity contribution in [2.45, 2.75) is 123 Å². The molecular weight excluding hydrogens is 678 g/mol. The number of nitrogens with one attached hydrogen (secondary N) is 1. The van der Waals surface area contributed by atoms with Crippen molar-refractivity contribution in [3.8, 4) is 0 Å². The Bertz CT molecular complexity index is 913. The van der Waals surface area contributed by atoms with Crippen LogP contribution in [0.15, 0.2) is 23.8 Å². The van der Waals surface area contributed by atoms with E-state index in [4.69, 9.17) is 18.9 Å². The molecule has 0 bridgehead atoms. The fourth-order valence-corrected chi connectivity index (χ4v) is 6.37. The van der Waals surface area contributed by atoms with Gasteiger partial charge in [-0.1, -0.05) is 45.9 Å². The molecular formula is C35H60ILiN2O6-2. The fraction of sp³-hybridized carbons (Fsp3) is 0.771. The molecule has 2 aliphatic heterocycles. The van der Waals surface area contributed by atoms with E-state index in [0.717, 1.165) is 44.9 Å². The summed E-state index contributed by atoms with van der Waals surface area (Å²) < 4.78 is 23.5. The summed E-state index contributed by atoms with van der Waals surface area (Å²) in [6.07, 6.45) is 13.6. The largest absolute Gasteiger partial charge is 1.00 e. The zero-order chi connectivity index (χ0) is 32.0. The van der Waals surface area contributed by atoms with Gasteiger partial charge in [-0.2, -0.15) is 0 Å². The average molecular weight is 739 g/mol. The molecule has 2 saturated heterocycles. The van der Waals surface area contributed by atoms with Gasteiger partial charge in [0.2, 0.25) is 5.91 Å². The van der Waals surface area contributed by atoms with Crippen molar-refractivity contribution in [3.63, 3.8) is 0 Å². The Balaban J connectivity index is 0.00000968. The van der Waals surface area contributed by atoms with E-state index in [-0.39, 0.29) is 84.9 Å². The van der Waals surface area contributed by atoms with E-state index in [0.29, 0.717) is 50.4 Å². The molecule has 0 radical (unpaired) electrons. The van der Waals surface area contributed by atoms with Crippen LogP contribution in [-0.4, -0.2) is 80.3 Å². The van der Waals surface area contributed by atoms with Crippen LogP contribution in [0.4, 0.5) is 4.79 Å². The van der Waals surface area contributed by atoms with Gasteiger partial charge in [0, 0.05) is 26.0 Å². The first-order valence-corrected chi connectivity index (χ1v) is 16.5. The number of allylic oxidation sites excluding steroid dienone is 3. The number of nitrogens with zero attached hydrogens (tertiary/aromatic N) is 1. The second kappa shape index (κ2) is 22.9. The Labute approximate surface area is 303 Å². The van der Waals surface area contributed by atoms with E-state index < -0.39 is 0 Å². The number of carbonyl (C=O) groups is 2. The van der Waals surface area contributed by atoms with Gasteiger partial charge >= 0.3 is 25.0 Å². The monoisotopic (exact) mass is 738 g/mol. The van der Waals surface area contributed by atoms with Crippen molar-refractivity contribution in [2.75, 3.05) is 33.4 Å². The Hall–Kier alpha value is -0.573. The average Bonchev–Trinajstić information content (AvgIpc) is 3.65. The third kappa shape index (κ3) is 15.0. The summed E-state index contributed by atoms with van der Waals surface area (Å²) in [6.45, 7) is 22.2. The first-order chi connectivity index (χ1) is 20.5. The molecule has 8 nitrogen and oxygen atoms in total. The van der Waals surface area contributed by atoms with Crippen LogP contribution >= 0.6 is 0 Å². The van der Waals surface area contributed by atoms with Crippen molar-refractivity contribution >= 4 is 12.0 Å². The molecule has 45 heavy (non-hydrogen) atoms. The SMILES string of the molecule is [CH2-]CN(C[CH2-])C(=O)OCCCCCC(=O)NC[C@H]1CC[C@H](C)[C@@H](/C(C)=C/C=C/[C@@H](C)C[C@@]2(C)O[C@@H]2[C@H](C)[C@H](CC)OC)O1.[I-].[Li+]. The van der Waals surface area contributed by atoms with Crippen LogP contribution in [0.3, 0.4) is 0 Å². The number of amides is 2. The van der Waals surface area contributed by atoms with E-state index >= 15 is 0 Å². The molecule has 2 amide bonds. The molecule has 0 aromatic rings. The fourth-order valence-electron chi connectivity index (χ4n) is 6.37. The molecule has 2 heterocycles. The second-order valence-electron chi connectivity index (χ2n) is 12.8. The Kier molecular flexibility index (Phi) is 22.6. The standard InChI is InChI=1S/C35H60N2O6.HI.Li/c1-10-30(40-9)28(7)33-35(8,43-33)23-25(4)17-16-18-26(5)32-27(6)20-21-29(42-32)24-36-31(38)19-14-13-15-22-41-34(39)37(11-2)12-3;;/h16-18,25,27-30,32-33H,2-3,10-15,19-24H2,1,4-9H3,(H,36,38);1H;/q-2;;+1/p-1/b17-16+,26-18+;;/t25-,27+,28-,29-,30+,32-,33-,35-;;/m1../s1. The maximum absolute atomic E-state index is 12.4. The number of ether oxygens (including phenoxy) is 4. The number of unbranched alkanes of at least 4 members (excludes halogenated alkanes) is 2. The van der Waals surface area contributed by atoms with E-state index in [1.54, 1.807) is 7.11 Å². The van der Waals surface area contributed by atoms with Crippen LogP contribution in [0.1, 0.15) is 92.9 Å². The first kappa shape index (κ1) is 44.4. The molecule has 2 aliphatic rings. The Morgan fingerprint density at radius 2 is 1.84 bits per heavy atom. The molecule has 0 saturated carbocycles. The van der Waals surface area contributed by atoms with Crippen molar-refractivity contribution in [1.82, 2.24) is 10.2 Å². The molecule has 0 aromatic heterocycles. The van der Waals surface area contributed by atoms with Crippen LogP contribution < -0.4 is 48.2 Å². The maximum atomic E-state index is 12.4. The molecule has 0 unspecified atom stereocenters. The van der Waals surface area contributed by atoms with E-state index in [1.807, 2.05) is 0 Å². The van der Waals surface area contributed by atoms with E-state index in [1.165, 1.54) is 10.5 Å². The molecule has 8 atom stereocenters. The number of rotatable bonds is 19. The molecule has 256 valence electrons. The smallest absolute Gasteiger partial charge is 1.00 e. The molecule has 0 spiro atoms. The predicted molar refractivity (Wildman–Crippen MR) is 172 cm³/mol. The number of carbonyl (C=O) groups excluding carboxylic acids is 2. The minimum Gasteiger partial charge on any atom is -1.00 e. The summed E-state index contributed by atoms with van der Waals surface area (Å²) in [5.41, 5.74) is 1.13. The minimum absolute atomic E-state index is 0. The van der Waals surface area contributed by atoms with Crippen molar-refractivity contribution in [2.24, 2.45) is 17.8 Å². The van der Waals surface area contributed by atoms with E-state index in [9.17, 15) is 9.59 Å². The van der Waals surface area contributed by atoms with Crippen LogP contribution in [0.25, 0.3) is 0 Å². The number of hydrogen-bond donors (Lipinski definition) is 1. The number of epoxide rings is 1. The van der Waals surface area contributed by atoms with Crippen molar-refractivity contribution in [1.29, 1.82) is 0 Å². The summed E-state index contributed by atoms with van der Waals surface area (Å²) >= 11 is 0. The number of hydrogen-bond acceptors (Lipinski definition) is 6. The summed E-state index contributed by atoms with van der Waals surface area (Å²) in [5, 5.41) is 3.05. The van der Waals surface area contributed by atoms with E-state index in [2.05, 4.69) is 78.9 Å². The molecule has 0 aliphatic carbocycles. The van der Waals surface area contributed by atoms with Gasteiger partial charge in [-0.05, 0) is 76.2 Å². The van der Waals surface area contributed by atoms with Gasteiger partial charge in [-0.15, -0.1) is 13.1 Å². The second-order valence-corrected chi connectivity index (χ2v) is 12.8. The Morgan fingerprint density at radius 1 is 1.16 bits per heavy atom. The minimum atomic E-state index is -0.386. The maximum Gasteiger partial charge on any atom is 1.00 e. The first-order valence-electron chi connectivity index (χ1n) is 16.5. The van der Waals surface area contributed by atoms with Gasteiger partial charge in [0.05, 0.1) is 36.6 Å². The molecule has 1 N–H and O–H groups in total. The van der Waals surface area contributed by atoms with Crippen molar-refractivity contribution in [3.05, 3.63) is 37.6 Å². The number of methoxy groups -OCH3 is 1. The number of halogens is 1. The van der Waals surface area contributed by atoms with Gasteiger partial charge in [0.1, 0.15) is 0 Å². The normalized spacial score (nSPS) is 26.6. The molecule has 0 aromatic carbocycles. The molecule has 2 rings (SSSR count). The van der Waals surface area contributed by atoms with Crippen LogP contribution in [0, 0.1) is 31.6 Å². The third-order valence-corrected chi connectivity index (χ3v) is 9.08. The molecule has 2 fully saturated rings. The summed E-state index contributed by atoms with van der Waals surface area (Å²) in [7, 11) is 1.79. The van der Waals surface area contributed by atoms with Gasteiger partial charge in [-0.25, -0.2) is 4.79 Å². The summed E-state index contributed by atoms with van der Waals surface area (Å²) in [6, 6.07) is 0. The zero-order valence-electron chi connectivity index (χ0n) is 29.4. The topological polar surface area (TPSA) is 89.6 Å². The van der Waals surface area contributed by atoms with Gasteiger partial charge in [0.25, 0.3) is 0 Å².